The molecule has 2 aromatic heterocycles. The van der Waals surface area contributed by atoms with E-state index in [0.29, 0.717) is 26.4 Å². The van der Waals surface area contributed by atoms with Crippen molar-refractivity contribution in [2.24, 2.45) is 0 Å². The summed E-state index contributed by atoms with van der Waals surface area (Å²) in [4.78, 5) is -1.58. The Balaban J connectivity index is 1.91. The van der Waals surface area contributed by atoms with Crippen molar-refractivity contribution in [3.63, 3.8) is 0 Å². The standard InChI is InChI=1S/C29H38F6O10S4/c1-19-17-21(48(36,37)15-13-44-11-9-42-7-5-40-3)46-25(19)23-24(28(32,33)29(34,35)27(23,30)31)26-20(2)18-22(47-26)49(38,39)16-14-45-12-10-43-8-6-41-4/h17-18H,5-16H2,1-4H3. The van der Waals surface area contributed by atoms with Gasteiger partial charge in [0.25, 0.3) is 0 Å². The molecule has 0 amide bonds. The quantitative estimate of drug-likeness (QED) is 0.117. The Bertz CT molecular complexity index is 1530. The summed E-state index contributed by atoms with van der Waals surface area (Å²) in [6, 6.07) is 1.89. The Morgan fingerprint density at radius 2 is 0.857 bits per heavy atom. The zero-order chi connectivity index (χ0) is 36.7. The molecule has 0 bridgehead atoms. The number of allylic oxidation sites excluding steroid dienone is 2. The Hall–Kier alpha value is -1.62. The van der Waals surface area contributed by atoms with Crippen molar-refractivity contribution in [3.8, 4) is 0 Å². The number of rotatable bonds is 22. The highest BCUT2D eigenvalue weighted by atomic mass is 32.2. The second-order valence-corrected chi connectivity index (χ2v) is 17.5. The number of halogens is 6. The van der Waals surface area contributed by atoms with Crippen molar-refractivity contribution in [3.05, 3.63) is 33.0 Å². The third-order valence-electron chi connectivity index (χ3n) is 7.12. The highest BCUT2D eigenvalue weighted by molar-refractivity contribution is 7.93. The number of methoxy groups -OCH3 is 2. The van der Waals surface area contributed by atoms with E-state index in [9.17, 15) is 25.6 Å². The first-order chi connectivity index (χ1) is 22.9. The topological polar surface area (TPSA) is 124 Å². The zero-order valence-electron chi connectivity index (χ0n) is 27.1. The van der Waals surface area contributed by atoms with E-state index >= 15 is 17.6 Å². The van der Waals surface area contributed by atoms with Crippen LogP contribution in [0.5, 0.6) is 0 Å². The molecular weight excluding hydrogens is 751 g/mol. The smallest absolute Gasteiger partial charge is 0.380 e. The molecule has 280 valence electrons. The van der Waals surface area contributed by atoms with Gasteiger partial charge in [-0.2, -0.15) is 26.3 Å². The maximum absolute atomic E-state index is 15.5. The minimum Gasteiger partial charge on any atom is -0.382 e. The van der Waals surface area contributed by atoms with E-state index in [1.807, 2.05) is 0 Å². The predicted octanol–water partition coefficient (Wildman–Crippen LogP) is 5.16. The highest BCUT2D eigenvalue weighted by Crippen LogP contribution is 2.66. The van der Waals surface area contributed by atoms with Crippen LogP contribution in [0.25, 0.3) is 11.1 Å². The first kappa shape index (κ1) is 41.8. The first-order valence-electron chi connectivity index (χ1n) is 14.7. The van der Waals surface area contributed by atoms with Gasteiger partial charge in [0.05, 0.1) is 88.7 Å². The summed E-state index contributed by atoms with van der Waals surface area (Å²) in [7, 11) is -5.47. The number of alkyl halides is 6. The maximum atomic E-state index is 15.5. The van der Waals surface area contributed by atoms with E-state index < -0.39 is 78.3 Å². The van der Waals surface area contributed by atoms with Gasteiger partial charge in [0.2, 0.25) is 0 Å². The zero-order valence-corrected chi connectivity index (χ0v) is 30.4. The fourth-order valence-corrected chi connectivity index (χ4v) is 10.3. The van der Waals surface area contributed by atoms with Gasteiger partial charge in [0.1, 0.15) is 8.42 Å². The molecule has 1 aliphatic rings. The molecule has 20 heteroatoms. The highest BCUT2D eigenvalue weighted by Gasteiger charge is 2.80. The molecule has 0 aliphatic heterocycles. The molecule has 10 nitrogen and oxygen atoms in total. The van der Waals surface area contributed by atoms with Crippen molar-refractivity contribution < 1.29 is 71.6 Å². The largest absolute Gasteiger partial charge is 0.382 e. The Labute approximate surface area is 289 Å². The average Bonchev–Trinajstić information content (AvgIpc) is 3.63. The molecule has 2 heterocycles. The molecule has 0 unspecified atom stereocenters. The van der Waals surface area contributed by atoms with Gasteiger partial charge in [0.15, 0.2) is 19.7 Å². The molecule has 0 aromatic carbocycles. The lowest BCUT2D eigenvalue weighted by molar-refractivity contribution is -0.254. The van der Waals surface area contributed by atoms with Crippen LogP contribution in [-0.2, 0) is 48.1 Å². The van der Waals surface area contributed by atoms with E-state index in [0.717, 1.165) is 26.0 Å². The van der Waals surface area contributed by atoms with Gasteiger partial charge in [-0.1, -0.05) is 0 Å². The molecule has 2 aromatic rings. The van der Waals surface area contributed by atoms with Crippen molar-refractivity contribution in [2.75, 3.05) is 91.8 Å². The van der Waals surface area contributed by atoms with Crippen LogP contribution in [0.15, 0.2) is 20.6 Å². The van der Waals surface area contributed by atoms with Crippen molar-refractivity contribution >= 4 is 53.5 Å². The molecule has 1 aliphatic carbocycles. The first-order valence-corrected chi connectivity index (χ1v) is 19.6. The van der Waals surface area contributed by atoms with E-state index in [2.05, 4.69) is 0 Å². The van der Waals surface area contributed by atoms with Crippen LogP contribution in [0.3, 0.4) is 0 Å². The number of hydrogen-bond acceptors (Lipinski definition) is 12. The molecule has 0 saturated carbocycles. The molecule has 0 spiro atoms. The summed E-state index contributed by atoms with van der Waals surface area (Å²) >= 11 is 0.298. The van der Waals surface area contributed by atoms with E-state index in [1.54, 1.807) is 0 Å². The summed E-state index contributed by atoms with van der Waals surface area (Å²) in [5.74, 6) is -18.1. The lowest BCUT2D eigenvalue weighted by atomic mass is 10.0. The minimum absolute atomic E-state index is 0.0375. The van der Waals surface area contributed by atoms with Gasteiger partial charge in [0, 0.05) is 24.0 Å². The fourth-order valence-electron chi connectivity index (χ4n) is 4.51. The predicted molar refractivity (Wildman–Crippen MR) is 171 cm³/mol. The van der Waals surface area contributed by atoms with Crippen LogP contribution in [0.4, 0.5) is 26.3 Å². The summed E-state index contributed by atoms with van der Waals surface area (Å²) in [5, 5.41) is 0. The van der Waals surface area contributed by atoms with Crippen LogP contribution in [0, 0.1) is 13.8 Å². The van der Waals surface area contributed by atoms with Crippen LogP contribution in [0.1, 0.15) is 20.9 Å². The van der Waals surface area contributed by atoms with Crippen molar-refractivity contribution in [1.29, 1.82) is 0 Å². The summed E-state index contributed by atoms with van der Waals surface area (Å²) < 4.78 is 173. The lowest BCUT2D eigenvalue weighted by Gasteiger charge is -2.25. The molecule has 0 atom stereocenters. The summed E-state index contributed by atoms with van der Waals surface area (Å²) in [6.45, 7) is 3.26. The Morgan fingerprint density at radius 3 is 1.18 bits per heavy atom. The minimum atomic E-state index is -5.92. The Morgan fingerprint density at radius 1 is 0.551 bits per heavy atom. The number of thiophene rings is 2. The van der Waals surface area contributed by atoms with E-state index in [4.69, 9.17) is 28.4 Å². The third kappa shape index (κ3) is 9.44. The van der Waals surface area contributed by atoms with Gasteiger partial charge >= 0.3 is 17.8 Å². The normalized spacial score (nSPS) is 17.3. The van der Waals surface area contributed by atoms with Crippen LogP contribution < -0.4 is 0 Å². The molecule has 0 fully saturated rings. The second kappa shape index (κ2) is 17.3. The van der Waals surface area contributed by atoms with Crippen molar-refractivity contribution in [2.45, 2.75) is 40.0 Å². The van der Waals surface area contributed by atoms with E-state index in [-0.39, 0.29) is 73.4 Å². The molecule has 0 saturated heterocycles. The van der Waals surface area contributed by atoms with Gasteiger partial charge in [-0.3, -0.25) is 0 Å². The van der Waals surface area contributed by atoms with E-state index in [1.165, 1.54) is 14.2 Å². The molecule has 49 heavy (non-hydrogen) atoms. The number of sulfone groups is 2. The van der Waals surface area contributed by atoms with Gasteiger partial charge < -0.3 is 28.4 Å². The van der Waals surface area contributed by atoms with Crippen molar-refractivity contribution in [1.82, 2.24) is 0 Å². The number of hydrogen-bond donors (Lipinski definition) is 0. The van der Waals surface area contributed by atoms with Crippen LogP contribution >= 0.6 is 22.7 Å². The average molecular weight is 789 g/mol. The van der Waals surface area contributed by atoms with Crippen LogP contribution in [-0.4, -0.2) is 126 Å². The monoisotopic (exact) mass is 788 g/mol. The maximum Gasteiger partial charge on any atom is 0.380 e. The SMILES string of the molecule is COCCOCCOCCS(=O)(=O)c1cc(C)c(C2=C(c3sc(S(=O)(=O)CCOCCOCCOC)cc3C)C(F)(F)C(F)(F)C2(F)F)s1. The molecule has 0 N–H and O–H groups in total. The van der Waals surface area contributed by atoms with Gasteiger partial charge in [-0.15, -0.1) is 22.7 Å². The van der Waals surface area contributed by atoms with Gasteiger partial charge in [-0.05, 0) is 37.1 Å². The van der Waals surface area contributed by atoms with Gasteiger partial charge in [-0.25, -0.2) is 16.8 Å². The molecular formula is C29H38F6O10S4. The molecule has 3 rings (SSSR count). The lowest BCUT2D eigenvalue weighted by Crippen LogP contribution is -2.48. The summed E-state index contributed by atoms with van der Waals surface area (Å²) in [6.07, 6.45) is 0. The summed E-state index contributed by atoms with van der Waals surface area (Å²) in [5.41, 5.74) is -4.05. The Kier molecular flexibility index (Phi) is 14.7. The fraction of sp³-hybridized carbons (Fsp3) is 0.655. The molecule has 0 radical (unpaired) electrons. The third-order valence-corrected chi connectivity index (χ3v) is 14.1. The van der Waals surface area contributed by atoms with Crippen LogP contribution in [0.2, 0.25) is 0 Å². The number of ether oxygens (including phenoxy) is 6. The second-order valence-electron chi connectivity index (χ2n) is 10.7. The number of aryl methyl sites for hydroxylation is 2.